The second kappa shape index (κ2) is 2.51. The summed E-state index contributed by atoms with van der Waals surface area (Å²) in [7, 11) is -2.26. The standard InChI is InChI=1S/C3H3NO3S2/c5-2-1-4-3(8-2)9(6)7/h4H,1H2. The van der Waals surface area contributed by atoms with Gasteiger partial charge in [0.15, 0.2) is 4.32 Å². The Kier molecular flexibility index (Phi) is 1.89. The van der Waals surface area contributed by atoms with Gasteiger partial charge in [-0.15, -0.1) is 0 Å². The van der Waals surface area contributed by atoms with E-state index in [-0.39, 0.29) is 16.0 Å². The Balaban J connectivity index is 2.94. The van der Waals surface area contributed by atoms with Gasteiger partial charge in [-0.05, 0) is 11.8 Å². The number of carbonyl (C=O) groups is 1. The van der Waals surface area contributed by atoms with Crippen molar-refractivity contribution in [3.63, 3.8) is 0 Å². The predicted molar refractivity (Wildman–Crippen MR) is 34.5 cm³/mol. The zero-order chi connectivity index (χ0) is 6.85. The van der Waals surface area contributed by atoms with E-state index in [9.17, 15) is 13.2 Å². The van der Waals surface area contributed by atoms with Crippen LogP contribution in [0.2, 0.25) is 0 Å². The number of thioether (sulfide) groups is 1. The highest BCUT2D eigenvalue weighted by atomic mass is 32.2. The van der Waals surface area contributed by atoms with Crippen molar-refractivity contribution in [3.05, 3.63) is 0 Å². The van der Waals surface area contributed by atoms with Crippen molar-refractivity contribution in [2.75, 3.05) is 6.54 Å². The summed E-state index contributed by atoms with van der Waals surface area (Å²) < 4.78 is 20.2. The Morgan fingerprint density at radius 3 is 2.44 bits per heavy atom. The molecule has 1 aliphatic heterocycles. The molecule has 0 aromatic carbocycles. The van der Waals surface area contributed by atoms with Crippen molar-refractivity contribution >= 4 is 31.5 Å². The molecule has 4 nitrogen and oxygen atoms in total. The zero-order valence-corrected chi connectivity index (χ0v) is 5.88. The van der Waals surface area contributed by atoms with Crippen LogP contribution in [0.25, 0.3) is 0 Å². The van der Waals surface area contributed by atoms with Crippen molar-refractivity contribution in [1.82, 2.24) is 5.32 Å². The first-order chi connectivity index (χ1) is 4.20. The summed E-state index contributed by atoms with van der Waals surface area (Å²) in [5, 5.41) is 2.27. The molecule has 1 rings (SSSR count). The minimum Gasteiger partial charge on any atom is -0.285 e. The van der Waals surface area contributed by atoms with Crippen molar-refractivity contribution in [3.8, 4) is 0 Å². The number of hydrogen-bond acceptors (Lipinski definition) is 4. The fourth-order valence-corrected chi connectivity index (χ4v) is 1.65. The number of carbonyl (C=O) groups excluding carboxylic acids is 1. The fraction of sp³-hybridized carbons (Fsp3) is 0.333. The Morgan fingerprint density at radius 2 is 2.22 bits per heavy atom. The van der Waals surface area contributed by atoms with Crippen molar-refractivity contribution in [2.24, 2.45) is 0 Å². The molecule has 1 N–H and O–H groups in total. The van der Waals surface area contributed by atoms with Crippen LogP contribution in [0.1, 0.15) is 0 Å². The Labute approximate surface area is 57.2 Å². The summed E-state index contributed by atoms with van der Waals surface area (Å²) in [5.74, 6) is 0. The van der Waals surface area contributed by atoms with E-state index in [1.807, 2.05) is 0 Å². The first kappa shape index (κ1) is 6.79. The molecule has 0 amide bonds. The summed E-state index contributed by atoms with van der Waals surface area (Å²) in [4.78, 5) is 10.4. The van der Waals surface area contributed by atoms with E-state index in [2.05, 4.69) is 5.32 Å². The Hall–Kier alpha value is -0.330. The summed E-state index contributed by atoms with van der Waals surface area (Å²) in [6.45, 7) is 0.119. The van der Waals surface area contributed by atoms with Gasteiger partial charge in [0.25, 0.3) is 0 Å². The van der Waals surface area contributed by atoms with Gasteiger partial charge in [-0.3, -0.25) is 10.1 Å². The van der Waals surface area contributed by atoms with Crippen LogP contribution in [0.5, 0.6) is 0 Å². The highest BCUT2D eigenvalue weighted by molar-refractivity contribution is 8.32. The SMILES string of the molecule is O=C1CNC(=S(=O)=O)S1. The molecule has 0 aromatic rings. The Morgan fingerprint density at radius 1 is 1.56 bits per heavy atom. The third kappa shape index (κ3) is 1.54. The molecule has 0 atom stereocenters. The third-order valence-corrected chi connectivity index (χ3v) is 2.54. The summed E-state index contributed by atoms with van der Waals surface area (Å²) in [6, 6.07) is 0. The molecule has 0 aliphatic carbocycles. The molecule has 1 aliphatic rings. The largest absolute Gasteiger partial charge is 0.285 e. The van der Waals surface area contributed by atoms with Crippen LogP contribution in [0, 0.1) is 0 Å². The highest BCUT2D eigenvalue weighted by Crippen LogP contribution is 2.07. The number of rotatable bonds is 0. The average molecular weight is 165 g/mol. The van der Waals surface area contributed by atoms with E-state index in [0.717, 1.165) is 11.8 Å². The van der Waals surface area contributed by atoms with Gasteiger partial charge in [0.2, 0.25) is 15.4 Å². The summed E-state index contributed by atoms with van der Waals surface area (Å²) in [5.41, 5.74) is 0. The van der Waals surface area contributed by atoms with E-state index < -0.39 is 10.3 Å². The second-order valence-corrected chi connectivity index (χ2v) is 3.55. The third-order valence-electron chi connectivity index (χ3n) is 0.735. The maximum absolute atomic E-state index is 10.4. The van der Waals surface area contributed by atoms with Gasteiger partial charge in [0, 0.05) is 0 Å². The number of nitrogens with one attached hydrogen (secondary N) is 1. The lowest BCUT2D eigenvalue weighted by Gasteiger charge is -1.78. The van der Waals surface area contributed by atoms with Crippen LogP contribution in [0.3, 0.4) is 0 Å². The van der Waals surface area contributed by atoms with Crippen molar-refractivity contribution < 1.29 is 13.2 Å². The van der Waals surface area contributed by atoms with Crippen LogP contribution in [0.15, 0.2) is 0 Å². The molecule has 0 unspecified atom stereocenters. The maximum Gasteiger partial charge on any atom is 0.239 e. The molecule has 0 radical (unpaired) electrons. The molecule has 6 heteroatoms. The first-order valence-electron chi connectivity index (χ1n) is 2.11. The molecule has 0 aromatic heterocycles. The van der Waals surface area contributed by atoms with Gasteiger partial charge in [0.05, 0.1) is 6.54 Å². The van der Waals surface area contributed by atoms with Crippen LogP contribution in [0.4, 0.5) is 0 Å². The minimum absolute atomic E-state index is 0.0278. The molecule has 9 heavy (non-hydrogen) atoms. The van der Waals surface area contributed by atoms with Crippen LogP contribution >= 0.6 is 11.8 Å². The smallest absolute Gasteiger partial charge is 0.239 e. The molecule has 0 spiro atoms. The van der Waals surface area contributed by atoms with E-state index in [1.165, 1.54) is 0 Å². The van der Waals surface area contributed by atoms with Crippen LogP contribution in [-0.2, 0) is 15.1 Å². The summed E-state index contributed by atoms with van der Waals surface area (Å²) in [6.07, 6.45) is 0. The van der Waals surface area contributed by atoms with E-state index in [0.29, 0.717) is 0 Å². The lowest BCUT2D eigenvalue weighted by atomic mass is 10.7. The predicted octanol–water partition coefficient (Wildman–Crippen LogP) is -1.18. The summed E-state index contributed by atoms with van der Waals surface area (Å²) >= 11 is 0.728. The van der Waals surface area contributed by atoms with Gasteiger partial charge in [-0.25, -0.2) is 0 Å². The normalized spacial score (nSPS) is 18.7. The van der Waals surface area contributed by atoms with E-state index >= 15 is 0 Å². The lowest BCUT2D eigenvalue weighted by Crippen LogP contribution is -2.14. The van der Waals surface area contributed by atoms with Gasteiger partial charge < -0.3 is 0 Å². The number of hydrogen-bond donors (Lipinski definition) is 1. The van der Waals surface area contributed by atoms with Crippen LogP contribution in [-0.4, -0.2) is 24.4 Å². The molecule has 1 heterocycles. The molecule has 0 bridgehead atoms. The topological polar surface area (TPSA) is 63.2 Å². The fourth-order valence-electron chi connectivity index (χ4n) is 0.413. The van der Waals surface area contributed by atoms with E-state index in [4.69, 9.17) is 0 Å². The van der Waals surface area contributed by atoms with Crippen molar-refractivity contribution in [1.29, 1.82) is 0 Å². The molecular formula is C3H3NO3S2. The minimum atomic E-state index is -2.26. The van der Waals surface area contributed by atoms with E-state index in [1.54, 1.807) is 0 Å². The highest BCUT2D eigenvalue weighted by Gasteiger charge is 2.17. The van der Waals surface area contributed by atoms with Crippen molar-refractivity contribution in [2.45, 2.75) is 0 Å². The maximum atomic E-state index is 10.4. The van der Waals surface area contributed by atoms with Gasteiger partial charge in [-0.2, -0.15) is 8.42 Å². The molecule has 50 valence electrons. The average Bonchev–Trinajstić information content (AvgIpc) is 2.14. The van der Waals surface area contributed by atoms with Gasteiger partial charge >= 0.3 is 0 Å². The lowest BCUT2D eigenvalue weighted by molar-refractivity contribution is -0.109. The molecule has 1 fully saturated rings. The molecule has 0 saturated carbocycles. The van der Waals surface area contributed by atoms with Gasteiger partial charge in [-0.1, -0.05) is 0 Å². The quantitative estimate of drug-likeness (QED) is 0.457. The molecular weight excluding hydrogens is 162 g/mol. The van der Waals surface area contributed by atoms with Gasteiger partial charge in [0.1, 0.15) is 0 Å². The second-order valence-electron chi connectivity index (χ2n) is 1.35. The molecule has 1 saturated heterocycles. The zero-order valence-electron chi connectivity index (χ0n) is 4.25. The van der Waals surface area contributed by atoms with Crippen LogP contribution < -0.4 is 5.32 Å². The Bertz CT molecular complexity index is 257. The monoisotopic (exact) mass is 165 g/mol. The first-order valence-corrected chi connectivity index (χ1v) is 4.00.